The fourth-order valence-electron chi connectivity index (χ4n) is 2.27. The first-order valence-corrected chi connectivity index (χ1v) is 8.45. The van der Waals surface area contributed by atoms with E-state index in [0.717, 1.165) is 0 Å². The van der Waals surface area contributed by atoms with Gasteiger partial charge in [0.05, 0.1) is 11.4 Å². The summed E-state index contributed by atoms with van der Waals surface area (Å²) in [5.74, 6) is -10.6. The van der Waals surface area contributed by atoms with Crippen molar-refractivity contribution >= 4 is 34.4 Å². The minimum Gasteiger partial charge on any atom is -0.292 e. The molecule has 0 unspecified atom stereocenters. The number of halogens is 5. The Balaban J connectivity index is 2.07. The van der Waals surface area contributed by atoms with Crippen LogP contribution in [-0.2, 0) is 0 Å². The molecule has 3 aromatic rings. The highest BCUT2D eigenvalue weighted by Gasteiger charge is 2.31. The first-order chi connectivity index (χ1) is 13.9. The van der Waals surface area contributed by atoms with Gasteiger partial charge in [0.1, 0.15) is 5.69 Å². The number of benzene rings is 3. The number of nitrogens with one attached hydrogen (secondary N) is 1. The average Bonchev–Trinajstić information content (AvgIpc) is 2.75. The Hall–Kier alpha value is -3.40. The molecule has 0 saturated heterocycles. The summed E-state index contributed by atoms with van der Waals surface area (Å²) in [6.45, 7) is 0. The molecule has 0 aromatic heterocycles. The van der Waals surface area contributed by atoms with Crippen molar-refractivity contribution in [1.82, 2.24) is 0 Å². The summed E-state index contributed by atoms with van der Waals surface area (Å²) in [4.78, 5) is 0. The topological polar surface area (TPSA) is 40.0 Å². The SMILES string of the molecule is Fc1c(F)c(F)c(N(Nc2ccccc2)C(=S)N=Nc2ccccc2)c(F)c1F. The lowest BCUT2D eigenvalue weighted by molar-refractivity contribution is 0.380. The molecule has 3 rings (SSSR count). The maximum absolute atomic E-state index is 14.3. The van der Waals surface area contributed by atoms with Crippen molar-refractivity contribution in [2.24, 2.45) is 10.2 Å². The Labute approximate surface area is 167 Å². The third kappa shape index (κ3) is 4.37. The quantitative estimate of drug-likeness (QED) is 0.134. The number of hydrogen-bond donors (Lipinski definition) is 1. The predicted molar refractivity (Wildman–Crippen MR) is 102 cm³/mol. The van der Waals surface area contributed by atoms with E-state index in [0.29, 0.717) is 10.7 Å². The summed E-state index contributed by atoms with van der Waals surface area (Å²) >= 11 is 5.03. The maximum atomic E-state index is 14.3. The van der Waals surface area contributed by atoms with E-state index in [1.807, 2.05) is 0 Å². The number of thiocarbonyl (C=S) groups is 1. The summed E-state index contributed by atoms with van der Waals surface area (Å²) in [5, 5.41) is 7.37. The van der Waals surface area contributed by atoms with Crippen LogP contribution in [0.3, 0.4) is 0 Å². The molecule has 0 radical (unpaired) electrons. The summed E-state index contributed by atoms with van der Waals surface area (Å²) in [5.41, 5.74) is 1.81. The Morgan fingerprint density at radius 1 is 0.724 bits per heavy atom. The lowest BCUT2D eigenvalue weighted by Gasteiger charge is -2.25. The van der Waals surface area contributed by atoms with E-state index >= 15 is 0 Å². The van der Waals surface area contributed by atoms with Crippen molar-refractivity contribution in [2.45, 2.75) is 0 Å². The van der Waals surface area contributed by atoms with Crippen LogP contribution in [0.25, 0.3) is 0 Å². The van der Waals surface area contributed by atoms with Crippen molar-refractivity contribution in [2.75, 3.05) is 10.4 Å². The monoisotopic (exact) mass is 422 g/mol. The van der Waals surface area contributed by atoms with Gasteiger partial charge in [-0.15, -0.1) is 10.2 Å². The molecule has 3 aromatic carbocycles. The van der Waals surface area contributed by atoms with Crippen LogP contribution in [0.5, 0.6) is 0 Å². The standard InChI is InChI=1S/C19H11F5N4S/c20-13-14(21)16(23)18(17(24)15(13)22)28(27-12-9-5-2-6-10-12)19(29)26-25-11-7-3-1-4-8-11/h1-10,27H. The van der Waals surface area contributed by atoms with Crippen LogP contribution in [-0.4, -0.2) is 5.11 Å². The van der Waals surface area contributed by atoms with Crippen molar-refractivity contribution in [3.63, 3.8) is 0 Å². The summed E-state index contributed by atoms with van der Waals surface area (Å²) in [6.07, 6.45) is 0. The minimum atomic E-state index is -2.28. The highest BCUT2D eigenvalue weighted by molar-refractivity contribution is 7.80. The summed E-state index contributed by atoms with van der Waals surface area (Å²) < 4.78 is 69.5. The molecule has 29 heavy (non-hydrogen) atoms. The predicted octanol–water partition coefficient (Wildman–Crippen LogP) is 6.28. The van der Waals surface area contributed by atoms with Crippen LogP contribution in [0.1, 0.15) is 0 Å². The van der Waals surface area contributed by atoms with E-state index in [-0.39, 0.29) is 5.69 Å². The third-order valence-corrected chi connectivity index (χ3v) is 3.89. The van der Waals surface area contributed by atoms with Crippen LogP contribution in [0.2, 0.25) is 0 Å². The smallest absolute Gasteiger partial charge is 0.240 e. The molecule has 0 aliphatic rings. The second-order valence-electron chi connectivity index (χ2n) is 5.55. The molecule has 1 N–H and O–H groups in total. The van der Waals surface area contributed by atoms with Gasteiger partial charge in [0.15, 0.2) is 23.3 Å². The van der Waals surface area contributed by atoms with Crippen LogP contribution in [0, 0.1) is 29.1 Å². The molecule has 0 fully saturated rings. The van der Waals surface area contributed by atoms with Crippen molar-refractivity contribution in [1.29, 1.82) is 0 Å². The van der Waals surface area contributed by atoms with Crippen molar-refractivity contribution in [3.8, 4) is 0 Å². The largest absolute Gasteiger partial charge is 0.292 e. The van der Waals surface area contributed by atoms with Gasteiger partial charge in [-0.3, -0.25) is 5.43 Å². The van der Waals surface area contributed by atoms with E-state index in [1.54, 1.807) is 48.5 Å². The Bertz CT molecular complexity index is 1030. The van der Waals surface area contributed by atoms with Gasteiger partial charge in [-0.05, 0) is 36.5 Å². The highest BCUT2D eigenvalue weighted by atomic mass is 32.1. The molecule has 0 saturated carbocycles. The first-order valence-electron chi connectivity index (χ1n) is 8.04. The zero-order valence-electron chi connectivity index (χ0n) is 14.4. The average molecular weight is 422 g/mol. The van der Waals surface area contributed by atoms with Crippen LogP contribution in [0.15, 0.2) is 70.9 Å². The molecule has 0 aliphatic heterocycles. The molecule has 0 aliphatic carbocycles. The van der Waals surface area contributed by atoms with E-state index in [2.05, 4.69) is 15.7 Å². The van der Waals surface area contributed by atoms with Gasteiger partial charge in [0, 0.05) is 0 Å². The zero-order chi connectivity index (χ0) is 21.0. The van der Waals surface area contributed by atoms with Gasteiger partial charge in [-0.25, -0.2) is 27.0 Å². The lowest BCUT2D eigenvalue weighted by Crippen LogP contribution is -2.36. The van der Waals surface area contributed by atoms with Gasteiger partial charge < -0.3 is 0 Å². The van der Waals surface area contributed by atoms with Gasteiger partial charge in [0.25, 0.3) is 0 Å². The molecule has 148 valence electrons. The zero-order valence-corrected chi connectivity index (χ0v) is 15.2. The number of para-hydroxylation sites is 1. The molecule has 0 spiro atoms. The second kappa shape index (κ2) is 8.74. The number of hydrogen-bond acceptors (Lipinski definition) is 3. The molecule has 0 amide bonds. The third-order valence-electron chi connectivity index (χ3n) is 3.62. The normalized spacial score (nSPS) is 10.9. The minimum absolute atomic E-state index is 0.258. The molecule has 0 bridgehead atoms. The van der Waals surface area contributed by atoms with Gasteiger partial charge in [0.2, 0.25) is 10.9 Å². The molecule has 10 heteroatoms. The Kier molecular flexibility index (Phi) is 6.13. The van der Waals surface area contributed by atoms with Crippen molar-refractivity contribution in [3.05, 3.63) is 89.7 Å². The van der Waals surface area contributed by atoms with E-state index in [4.69, 9.17) is 12.2 Å². The Morgan fingerprint density at radius 3 is 1.76 bits per heavy atom. The van der Waals surface area contributed by atoms with E-state index in [9.17, 15) is 22.0 Å². The van der Waals surface area contributed by atoms with Crippen LogP contribution >= 0.6 is 12.2 Å². The summed E-state index contributed by atoms with van der Waals surface area (Å²) in [7, 11) is 0. The maximum Gasteiger partial charge on any atom is 0.240 e. The first kappa shape index (κ1) is 20.3. The lowest BCUT2D eigenvalue weighted by atomic mass is 10.2. The fraction of sp³-hybridized carbons (Fsp3) is 0. The molecule has 4 nitrogen and oxygen atoms in total. The second-order valence-corrected chi connectivity index (χ2v) is 5.92. The van der Waals surface area contributed by atoms with Gasteiger partial charge in [-0.1, -0.05) is 36.4 Å². The molecule has 0 atom stereocenters. The molecular formula is C19H11F5N4S. The fourth-order valence-corrected chi connectivity index (χ4v) is 2.45. The van der Waals surface area contributed by atoms with Gasteiger partial charge >= 0.3 is 0 Å². The van der Waals surface area contributed by atoms with E-state index in [1.165, 1.54) is 12.1 Å². The number of anilines is 2. The van der Waals surface area contributed by atoms with Crippen LogP contribution < -0.4 is 10.4 Å². The summed E-state index contributed by atoms with van der Waals surface area (Å²) in [6, 6.07) is 16.1. The Morgan fingerprint density at radius 2 is 1.21 bits per heavy atom. The highest BCUT2D eigenvalue weighted by Crippen LogP contribution is 2.31. The number of hydrazine groups is 1. The van der Waals surface area contributed by atoms with Gasteiger partial charge in [-0.2, -0.15) is 0 Å². The number of rotatable bonds is 4. The molecule has 0 heterocycles. The van der Waals surface area contributed by atoms with Crippen LogP contribution in [0.4, 0.5) is 39.0 Å². The van der Waals surface area contributed by atoms with E-state index < -0.39 is 39.9 Å². The number of nitrogens with zero attached hydrogens (tertiary/aromatic N) is 3. The van der Waals surface area contributed by atoms with Crippen molar-refractivity contribution < 1.29 is 22.0 Å². The molecular weight excluding hydrogens is 411 g/mol. The number of azo groups is 1.